The molecule has 2 heterocycles. The number of nitrogens with zero attached hydrogens (tertiary/aromatic N) is 2. The number of hydrogen-bond donors (Lipinski definition) is 2. The summed E-state index contributed by atoms with van der Waals surface area (Å²) in [5.74, 6) is -0.489. The van der Waals surface area contributed by atoms with E-state index in [2.05, 4.69) is 18.7 Å². The molecule has 7 nitrogen and oxygen atoms in total. The van der Waals surface area contributed by atoms with Crippen LogP contribution in [0.5, 0.6) is 0 Å². The van der Waals surface area contributed by atoms with Gasteiger partial charge in [-0.25, -0.2) is 5.48 Å². The van der Waals surface area contributed by atoms with Crippen LogP contribution in [0.15, 0.2) is 71.5 Å². The molecule has 3 aromatic rings. The van der Waals surface area contributed by atoms with Crippen molar-refractivity contribution in [3.63, 3.8) is 0 Å². The van der Waals surface area contributed by atoms with E-state index in [9.17, 15) is 9.59 Å². The fraction of sp³-hybridized carbons (Fsp3) is 0.280. The second-order valence-corrected chi connectivity index (χ2v) is 8.34. The summed E-state index contributed by atoms with van der Waals surface area (Å²) in [5, 5.41) is 8.75. The van der Waals surface area contributed by atoms with Crippen molar-refractivity contribution < 1.29 is 19.2 Å². The van der Waals surface area contributed by atoms with Crippen molar-refractivity contribution in [2.24, 2.45) is 0 Å². The summed E-state index contributed by atoms with van der Waals surface area (Å²) in [6.07, 6.45) is 3.30. The highest BCUT2D eigenvalue weighted by atomic mass is 16.5. The molecule has 7 heteroatoms. The number of rotatable bonds is 5. The molecule has 1 aromatic heterocycles. The fourth-order valence-electron chi connectivity index (χ4n) is 4.46. The highest BCUT2D eigenvalue weighted by Crippen LogP contribution is 2.24. The van der Waals surface area contributed by atoms with E-state index in [-0.39, 0.29) is 18.0 Å². The van der Waals surface area contributed by atoms with Crippen LogP contribution in [0, 0.1) is 0 Å². The van der Waals surface area contributed by atoms with Gasteiger partial charge in [0, 0.05) is 48.4 Å². The summed E-state index contributed by atoms with van der Waals surface area (Å²) in [6, 6.07) is 16.8. The molecule has 0 radical (unpaired) electrons. The molecule has 32 heavy (non-hydrogen) atoms. The Hall–Kier alpha value is -3.42. The number of nitrogens with one attached hydrogen (secondary N) is 1. The third-order valence-corrected chi connectivity index (χ3v) is 5.92. The van der Waals surface area contributed by atoms with Gasteiger partial charge in [0.2, 0.25) is 0 Å². The monoisotopic (exact) mass is 433 g/mol. The molecule has 0 bridgehead atoms. The van der Waals surface area contributed by atoms with Crippen molar-refractivity contribution in [2.75, 3.05) is 13.1 Å². The number of carbonyl (C=O) groups is 2. The molecule has 0 spiro atoms. The van der Waals surface area contributed by atoms with Crippen LogP contribution in [0.25, 0.3) is 11.1 Å². The maximum absolute atomic E-state index is 13.4. The molecule has 2 atom stereocenters. The van der Waals surface area contributed by atoms with Crippen LogP contribution < -0.4 is 5.48 Å². The lowest BCUT2D eigenvalue weighted by molar-refractivity contribution is 0.0268. The summed E-state index contributed by atoms with van der Waals surface area (Å²) in [4.78, 5) is 29.1. The largest absolute Gasteiger partial charge is 0.472 e. The van der Waals surface area contributed by atoms with Gasteiger partial charge in [-0.05, 0) is 55.3 Å². The number of piperazine rings is 1. The Bertz CT molecular complexity index is 1070. The quantitative estimate of drug-likeness (QED) is 0.472. The van der Waals surface area contributed by atoms with Crippen LogP contribution >= 0.6 is 0 Å². The van der Waals surface area contributed by atoms with Crippen LogP contribution in [0.2, 0.25) is 0 Å². The second kappa shape index (κ2) is 9.38. The first-order valence-corrected chi connectivity index (χ1v) is 10.7. The van der Waals surface area contributed by atoms with Crippen LogP contribution in [0.1, 0.15) is 40.1 Å². The number of hydroxylamine groups is 1. The van der Waals surface area contributed by atoms with Crippen molar-refractivity contribution in [2.45, 2.75) is 32.5 Å². The number of furan rings is 1. The summed E-state index contributed by atoms with van der Waals surface area (Å²) < 4.78 is 5.17. The number of amides is 2. The summed E-state index contributed by atoms with van der Waals surface area (Å²) >= 11 is 0. The lowest BCUT2D eigenvalue weighted by atomic mass is 10.0. The van der Waals surface area contributed by atoms with Gasteiger partial charge in [-0.1, -0.05) is 24.3 Å². The molecule has 1 aliphatic heterocycles. The van der Waals surface area contributed by atoms with Crippen molar-refractivity contribution in [1.82, 2.24) is 15.3 Å². The van der Waals surface area contributed by atoms with Gasteiger partial charge in [-0.3, -0.25) is 19.7 Å². The average Bonchev–Trinajstić information content (AvgIpc) is 3.34. The van der Waals surface area contributed by atoms with Gasteiger partial charge in [0.05, 0.1) is 12.5 Å². The first-order valence-electron chi connectivity index (χ1n) is 10.7. The third-order valence-electron chi connectivity index (χ3n) is 5.92. The molecular weight excluding hydrogens is 406 g/mol. The van der Waals surface area contributed by atoms with Gasteiger partial charge in [0.15, 0.2) is 0 Å². The van der Waals surface area contributed by atoms with E-state index in [1.165, 1.54) is 0 Å². The zero-order valence-corrected chi connectivity index (χ0v) is 18.2. The predicted molar refractivity (Wildman–Crippen MR) is 120 cm³/mol. The Morgan fingerprint density at radius 1 is 1.00 bits per heavy atom. The van der Waals surface area contributed by atoms with E-state index in [0.717, 1.165) is 36.3 Å². The predicted octanol–water partition coefficient (Wildman–Crippen LogP) is 3.80. The van der Waals surface area contributed by atoms with E-state index in [4.69, 9.17) is 9.62 Å². The first kappa shape index (κ1) is 21.8. The van der Waals surface area contributed by atoms with Gasteiger partial charge in [0.25, 0.3) is 11.8 Å². The highest BCUT2D eigenvalue weighted by Gasteiger charge is 2.33. The van der Waals surface area contributed by atoms with Gasteiger partial charge >= 0.3 is 0 Å². The van der Waals surface area contributed by atoms with E-state index in [1.54, 1.807) is 30.1 Å². The Morgan fingerprint density at radius 2 is 1.72 bits per heavy atom. The fourth-order valence-corrected chi connectivity index (χ4v) is 4.46. The zero-order chi connectivity index (χ0) is 22.7. The molecule has 1 aliphatic rings. The molecule has 0 saturated carbocycles. The molecule has 166 valence electrons. The Labute approximate surface area is 187 Å². The smallest absolute Gasteiger partial charge is 0.274 e. The molecule has 2 amide bonds. The Balaban J connectivity index is 1.43. The minimum atomic E-state index is -0.525. The van der Waals surface area contributed by atoms with Crippen molar-refractivity contribution in [3.8, 4) is 11.1 Å². The second-order valence-electron chi connectivity index (χ2n) is 8.34. The summed E-state index contributed by atoms with van der Waals surface area (Å²) in [6.45, 7) is 6.41. The number of carbonyl (C=O) groups excluding carboxylic acids is 2. The van der Waals surface area contributed by atoms with E-state index < -0.39 is 5.91 Å². The van der Waals surface area contributed by atoms with Gasteiger partial charge < -0.3 is 9.32 Å². The van der Waals surface area contributed by atoms with Gasteiger partial charge in [0.1, 0.15) is 0 Å². The SMILES string of the molecule is C[C@@H]1CN(Cc2ccc(C(=O)NO)cc2)C[C@H](C)N1C(=O)c1cccc(-c2ccoc2)c1. The van der Waals surface area contributed by atoms with Crippen LogP contribution in [-0.4, -0.2) is 52.0 Å². The highest BCUT2D eigenvalue weighted by molar-refractivity contribution is 5.96. The topological polar surface area (TPSA) is 86.0 Å². The van der Waals surface area contributed by atoms with Crippen LogP contribution in [-0.2, 0) is 6.54 Å². The van der Waals surface area contributed by atoms with Crippen LogP contribution in [0.3, 0.4) is 0 Å². The molecule has 1 saturated heterocycles. The maximum Gasteiger partial charge on any atom is 0.274 e. The molecule has 1 fully saturated rings. The maximum atomic E-state index is 13.4. The number of benzene rings is 2. The standard InChI is InChI=1S/C25H27N3O4/c1-17-13-27(15-19-6-8-20(9-7-19)24(29)26-31)14-18(2)28(17)25(30)22-5-3-4-21(12-22)23-10-11-32-16-23/h3-12,16-18,31H,13-15H2,1-2H3,(H,26,29)/t17-,18+. The van der Waals surface area contributed by atoms with E-state index in [0.29, 0.717) is 11.1 Å². The molecule has 0 aliphatic carbocycles. The molecule has 2 aromatic carbocycles. The Kier molecular flexibility index (Phi) is 6.39. The lowest BCUT2D eigenvalue weighted by Gasteiger charge is -2.44. The van der Waals surface area contributed by atoms with Crippen molar-refractivity contribution >= 4 is 11.8 Å². The minimum Gasteiger partial charge on any atom is -0.472 e. The first-order chi connectivity index (χ1) is 15.5. The summed E-state index contributed by atoms with van der Waals surface area (Å²) in [5.41, 5.74) is 5.71. The molecule has 0 unspecified atom stereocenters. The van der Waals surface area contributed by atoms with Crippen molar-refractivity contribution in [3.05, 3.63) is 83.8 Å². The molecule has 4 rings (SSSR count). The number of hydrogen-bond acceptors (Lipinski definition) is 5. The van der Waals surface area contributed by atoms with Gasteiger partial charge in [-0.15, -0.1) is 0 Å². The normalized spacial score (nSPS) is 19.0. The molecule has 2 N–H and O–H groups in total. The summed E-state index contributed by atoms with van der Waals surface area (Å²) in [7, 11) is 0. The zero-order valence-electron chi connectivity index (χ0n) is 18.2. The third kappa shape index (κ3) is 4.59. The van der Waals surface area contributed by atoms with Crippen LogP contribution in [0.4, 0.5) is 0 Å². The minimum absolute atomic E-state index is 0.0364. The Morgan fingerprint density at radius 3 is 2.34 bits per heavy atom. The lowest BCUT2D eigenvalue weighted by Crippen LogP contribution is -2.58. The van der Waals surface area contributed by atoms with E-state index in [1.807, 2.05) is 47.4 Å². The average molecular weight is 434 g/mol. The van der Waals surface area contributed by atoms with E-state index >= 15 is 0 Å². The van der Waals surface area contributed by atoms with Crippen molar-refractivity contribution in [1.29, 1.82) is 0 Å². The molecular formula is C25H27N3O4. The van der Waals surface area contributed by atoms with Gasteiger partial charge in [-0.2, -0.15) is 0 Å².